The van der Waals surface area contributed by atoms with E-state index >= 15 is 0 Å². The van der Waals surface area contributed by atoms with Crippen molar-refractivity contribution in [2.24, 2.45) is 0 Å². The first-order chi connectivity index (χ1) is 9.20. The smallest absolute Gasteiger partial charge is 0.136 e. The van der Waals surface area contributed by atoms with Crippen LogP contribution in [-0.4, -0.2) is 16.5 Å². The van der Waals surface area contributed by atoms with Crippen molar-refractivity contribution in [3.63, 3.8) is 0 Å². The van der Waals surface area contributed by atoms with Crippen LogP contribution in [0.25, 0.3) is 0 Å². The Morgan fingerprint density at radius 2 is 2.21 bits per heavy atom. The number of rotatable bonds is 5. The number of nitrogens with zero attached hydrogens (tertiary/aromatic N) is 2. The third-order valence-electron chi connectivity index (χ3n) is 3.01. The lowest BCUT2D eigenvalue weighted by molar-refractivity contribution is 0.922. The minimum atomic E-state index is 0.525. The highest BCUT2D eigenvalue weighted by molar-refractivity contribution is 9.11. The molecule has 100 valence electrons. The van der Waals surface area contributed by atoms with Gasteiger partial charge in [0.25, 0.3) is 0 Å². The Kier molecular flexibility index (Phi) is 3.70. The van der Waals surface area contributed by atoms with Gasteiger partial charge >= 0.3 is 0 Å². The fraction of sp³-hybridized carbons (Fsp3) is 0.385. The Morgan fingerprint density at radius 3 is 2.89 bits per heavy atom. The first-order valence-electron chi connectivity index (χ1n) is 6.33. The second-order valence-electron chi connectivity index (χ2n) is 4.69. The quantitative estimate of drug-likeness (QED) is 0.876. The molecule has 2 aromatic heterocycles. The number of nitrogens with one attached hydrogen (secondary N) is 1. The number of nitrogen functional groups attached to an aromatic ring is 1. The monoisotopic (exact) mass is 338 g/mol. The minimum Gasteiger partial charge on any atom is -0.384 e. The second kappa shape index (κ2) is 5.46. The SMILES string of the molecule is Nc1cc(NCCc2ccc(Br)s2)nc(C2CC2)n1. The van der Waals surface area contributed by atoms with Crippen molar-refractivity contribution in [2.45, 2.75) is 25.2 Å². The molecule has 0 aliphatic heterocycles. The van der Waals surface area contributed by atoms with E-state index < -0.39 is 0 Å². The van der Waals surface area contributed by atoms with Gasteiger partial charge in [-0.1, -0.05) is 0 Å². The summed E-state index contributed by atoms with van der Waals surface area (Å²) in [7, 11) is 0. The first kappa shape index (κ1) is 12.9. The number of nitrogens with two attached hydrogens (primary N) is 1. The number of aromatic nitrogens is 2. The standard InChI is InChI=1S/C13H15BrN4S/c14-10-4-3-9(19-10)5-6-16-12-7-11(15)17-13(18-12)8-1-2-8/h3-4,7-8H,1-2,5-6H2,(H3,15,16,17,18). The van der Waals surface area contributed by atoms with Crippen LogP contribution in [-0.2, 0) is 6.42 Å². The van der Waals surface area contributed by atoms with Crippen LogP contribution >= 0.6 is 27.3 Å². The van der Waals surface area contributed by atoms with E-state index in [1.807, 2.05) is 0 Å². The largest absolute Gasteiger partial charge is 0.384 e. The zero-order valence-corrected chi connectivity index (χ0v) is 12.8. The lowest BCUT2D eigenvalue weighted by atomic mass is 10.3. The molecule has 0 unspecified atom stereocenters. The van der Waals surface area contributed by atoms with Gasteiger partial charge in [-0.15, -0.1) is 11.3 Å². The zero-order valence-electron chi connectivity index (χ0n) is 10.4. The normalized spacial score (nSPS) is 14.6. The molecule has 2 heterocycles. The van der Waals surface area contributed by atoms with Crippen molar-refractivity contribution in [3.8, 4) is 0 Å². The van der Waals surface area contributed by atoms with Crippen molar-refractivity contribution in [1.29, 1.82) is 0 Å². The van der Waals surface area contributed by atoms with Crippen LogP contribution in [0.1, 0.15) is 29.5 Å². The zero-order chi connectivity index (χ0) is 13.2. The maximum Gasteiger partial charge on any atom is 0.136 e. The number of hydrogen-bond donors (Lipinski definition) is 2. The fourth-order valence-corrected chi connectivity index (χ4v) is 3.38. The molecule has 1 aliphatic rings. The molecule has 0 spiro atoms. The molecule has 3 N–H and O–H groups in total. The van der Waals surface area contributed by atoms with Crippen molar-refractivity contribution >= 4 is 38.9 Å². The van der Waals surface area contributed by atoms with Crippen LogP contribution in [0.5, 0.6) is 0 Å². The molecule has 4 nitrogen and oxygen atoms in total. The van der Waals surface area contributed by atoms with Crippen molar-refractivity contribution < 1.29 is 0 Å². The molecule has 0 aromatic carbocycles. The number of halogens is 1. The van der Waals surface area contributed by atoms with Gasteiger partial charge in [-0.2, -0.15) is 0 Å². The Labute approximate surface area is 124 Å². The molecule has 0 amide bonds. The van der Waals surface area contributed by atoms with E-state index in [1.54, 1.807) is 17.4 Å². The number of hydrogen-bond acceptors (Lipinski definition) is 5. The molecule has 19 heavy (non-hydrogen) atoms. The summed E-state index contributed by atoms with van der Waals surface area (Å²) < 4.78 is 1.17. The molecule has 2 aromatic rings. The van der Waals surface area contributed by atoms with Crippen LogP contribution in [0.15, 0.2) is 22.0 Å². The molecule has 0 atom stereocenters. The molecule has 1 fully saturated rings. The van der Waals surface area contributed by atoms with Gasteiger partial charge in [0.05, 0.1) is 3.79 Å². The predicted octanol–water partition coefficient (Wildman–Crippen LogP) is 3.41. The molecule has 0 saturated heterocycles. The van der Waals surface area contributed by atoms with E-state index in [-0.39, 0.29) is 0 Å². The summed E-state index contributed by atoms with van der Waals surface area (Å²) in [5.41, 5.74) is 5.82. The summed E-state index contributed by atoms with van der Waals surface area (Å²) in [5, 5.41) is 3.33. The van der Waals surface area contributed by atoms with E-state index in [0.717, 1.165) is 24.6 Å². The Bertz CT molecular complexity index is 580. The Morgan fingerprint density at radius 1 is 1.37 bits per heavy atom. The van der Waals surface area contributed by atoms with Gasteiger partial charge in [-0.25, -0.2) is 9.97 Å². The molecular weight excluding hydrogens is 324 g/mol. The van der Waals surface area contributed by atoms with Crippen LogP contribution in [0.2, 0.25) is 0 Å². The highest BCUT2D eigenvalue weighted by atomic mass is 79.9. The van der Waals surface area contributed by atoms with Gasteiger partial charge in [0, 0.05) is 23.4 Å². The highest BCUT2D eigenvalue weighted by Gasteiger charge is 2.27. The van der Waals surface area contributed by atoms with Gasteiger partial charge in [-0.05, 0) is 47.3 Å². The van der Waals surface area contributed by atoms with Crippen molar-refractivity contribution in [3.05, 3.63) is 32.7 Å². The lowest BCUT2D eigenvalue weighted by Crippen LogP contribution is -2.08. The highest BCUT2D eigenvalue weighted by Crippen LogP contribution is 2.38. The average molecular weight is 339 g/mol. The first-order valence-corrected chi connectivity index (χ1v) is 7.94. The molecule has 1 saturated carbocycles. The predicted molar refractivity (Wildman–Crippen MR) is 82.6 cm³/mol. The molecule has 3 rings (SSSR count). The van der Waals surface area contributed by atoms with Gasteiger partial charge in [0.2, 0.25) is 0 Å². The Hall–Kier alpha value is -1.14. The molecule has 0 radical (unpaired) electrons. The third-order valence-corrected chi connectivity index (χ3v) is 4.70. The maximum atomic E-state index is 5.82. The van der Waals surface area contributed by atoms with Gasteiger partial charge in [-0.3, -0.25) is 0 Å². The second-order valence-corrected chi connectivity index (χ2v) is 7.24. The summed E-state index contributed by atoms with van der Waals surface area (Å²) in [6.45, 7) is 0.855. The van der Waals surface area contributed by atoms with Gasteiger partial charge < -0.3 is 11.1 Å². The summed E-state index contributed by atoms with van der Waals surface area (Å²) in [5.74, 6) is 2.81. The summed E-state index contributed by atoms with van der Waals surface area (Å²) in [6.07, 6.45) is 3.36. The van der Waals surface area contributed by atoms with Crippen LogP contribution in [0.3, 0.4) is 0 Å². The van der Waals surface area contributed by atoms with Crippen LogP contribution in [0, 0.1) is 0 Å². The van der Waals surface area contributed by atoms with E-state index in [2.05, 4.69) is 43.3 Å². The number of anilines is 2. The number of thiophene rings is 1. The molecule has 6 heteroatoms. The molecule has 1 aliphatic carbocycles. The van der Waals surface area contributed by atoms with E-state index in [9.17, 15) is 0 Å². The maximum absolute atomic E-state index is 5.82. The van der Waals surface area contributed by atoms with Gasteiger partial charge in [0.1, 0.15) is 17.5 Å². The third kappa shape index (κ3) is 3.45. The van der Waals surface area contributed by atoms with Crippen molar-refractivity contribution in [1.82, 2.24) is 9.97 Å². The van der Waals surface area contributed by atoms with Crippen molar-refractivity contribution in [2.75, 3.05) is 17.6 Å². The van der Waals surface area contributed by atoms with Crippen LogP contribution < -0.4 is 11.1 Å². The minimum absolute atomic E-state index is 0.525. The van der Waals surface area contributed by atoms with Gasteiger partial charge in [0.15, 0.2) is 0 Å². The summed E-state index contributed by atoms with van der Waals surface area (Å²) in [4.78, 5) is 10.2. The van der Waals surface area contributed by atoms with E-state index in [0.29, 0.717) is 11.7 Å². The van der Waals surface area contributed by atoms with E-state index in [1.165, 1.54) is 21.5 Å². The average Bonchev–Trinajstić information content (AvgIpc) is 3.13. The van der Waals surface area contributed by atoms with E-state index in [4.69, 9.17) is 5.73 Å². The lowest BCUT2D eigenvalue weighted by Gasteiger charge is -2.07. The topological polar surface area (TPSA) is 63.8 Å². The van der Waals surface area contributed by atoms with Crippen LogP contribution in [0.4, 0.5) is 11.6 Å². The molecular formula is C13H15BrN4S. The fourth-order valence-electron chi connectivity index (χ4n) is 1.90. The summed E-state index contributed by atoms with van der Waals surface area (Å²) >= 11 is 5.24. The Balaban J connectivity index is 1.60. The summed E-state index contributed by atoms with van der Waals surface area (Å²) in [6, 6.07) is 6.02. The molecule has 0 bridgehead atoms.